The number of nitrogens with zero attached hydrogens (tertiary/aromatic N) is 1. The Morgan fingerprint density at radius 3 is 2.39 bits per heavy atom. The van der Waals surface area contributed by atoms with Crippen LogP contribution >= 0.6 is 11.8 Å². The lowest BCUT2D eigenvalue weighted by Gasteiger charge is -2.24. The number of rotatable bonds is 11. The van der Waals surface area contributed by atoms with Gasteiger partial charge in [-0.2, -0.15) is 0 Å². The molecule has 1 amide bonds. The van der Waals surface area contributed by atoms with Gasteiger partial charge in [0.2, 0.25) is 0 Å². The van der Waals surface area contributed by atoms with E-state index in [4.69, 9.17) is 9.47 Å². The third-order valence-electron chi connectivity index (χ3n) is 5.48. The van der Waals surface area contributed by atoms with Crippen LogP contribution in [0.15, 0.2) is 65.6 Å². The van der Waals surface area contributed by atoms with Crippen molar-refractivity contribution in [3.63, 3.8) is 0 Å². The van der Waals surface area contributed by atoms with E-state index < -0.39 is 30.1 Å². The molecule has 0 aromatic heterocycles. The molecular formula is C27H27F2NO5S. The zero-order chi connectivity index (χ0) is 26.2. The highest BCUT2D eigenvalue weighted by atomic mass is 32.2. The van der Waals surface area contributed by atoms with Gasteiger partial charge in [-0.05, 0) is 66.3 Å². The van der Waals surface area contributed by atoms with Crippen LogP contribution in [-0.4, -0.2) is 54.4 Å². The molecule has 3 rings (SSSR count). The number of carbonyl (C=O) groups is 2. The van der Waals surface area contributed by atoms with Crippen LogP contribution in [0.25, 0.3) is 11.1 Å². The van der Waals surface area contributed by atoms with E-state index in [1.807, 2.05) is 0 Å². The molecule has 0 bridgehead atoms. The summed E-state index contributed by atoms with van der Waals surface area (Å²) in [5.74, 6) is -2.75. The Bertz CT molecular complexity index is 1220. The summed E-state index contributed by atoms with van der Waals surface area (Å²) in [6.07, 6.45) is 1.48. The van der Waals surface area contributed by atoms with Crippen LogP contribution in [0.2, 0.25) is 0 Å². The quantitative estimate of drug-likeness (QED) is 0.340. The SMILES string of the molecule is COC(C)CN(CC(=O)O)C(=O)c1cccc(COc2ccc(-c3cc(F)c(F)cc3SC)cc2)c1. The van der Waals surface area contributed by atoms with E-state index in [0.29, 0.717) is 21.8 Å². The Morgan fingerprint density at radius 1 is 1.06 bits per heavy atom. The first kappa shape index (κ1) is 27.2. The van der Waals surface area contributed by atoms with Crippen LogP contribution in [0.3, 0.4) is 0 Å². The van der Waals surface area contributed by atoms with E-state index in [1.165, 1.54) is 35.9 Å². The molecule has 3 aromatic carbocycles. The molecule has 0 saturated heterocycles. The van der Waals surface area contributed by atoms with Crippen molar-refractivity contribution in [2.75, 3.05) is 26.5 Å². The average Bonchev–Trinajstić information content (AvgIpc) is 2.88. The van der Waals surface area contributed by atoms with E-state index in [9.17, 15) is 23.5 Å². The molecule has 0 fully saturated rings. The van der Waals surface area contributed by atoms with Crippen LogP contribution in [0.1, 0.15) is 22.8 Å². The summed E-state index contributed by atoms with van der Waals surface area (Å²) in [6.45, 7) is 1.64. The van der Waals surface area contributed by atoms with Crippen LogP contribution in [-0.2, 0) is 16.1 Å². The lowest BCUT2D eigenvalue weighted by Crippen LogP contribution is -2.40. The Morgan fingerprint density at radius 2 is 1.75 bits per heavy atom. The highest BCUT2D eigenvalue weighted by molar-refractivity contribution is 7.98. The van der Waals surface area contributed by atoms with E-state index in [0.717, 1.165) is 11.1 Å². The lowest BCUT2D eigenvalue weighted by atomic mass is 10.1. The number of ether oxygens (including phenoxy) is 2. The minimum Gasteiger partial charge on any atom is -0.489 e. The molecule has 0 heterocycles. The molecular weight excluding hydrogens is 488 g/mol. The summed E-state index contributed by atoms with van der Waals surface area (Å²) in [5, 5.41) is 9.19. The highest BCUT2D eigenvalue weighted by Crippen LogP contribution is 2.33. The maximum Gasteiger partial charge on any atom is 0.323 e. The topological polar surface area (TPSA) is 76.1 Å². The molecule has 9 heteroatoms. The normalized spacial score (nSPS) is 11.7. The minimum atomic E-state index is -1.11. The largest absolute Gasteiger partial charge is 0.489 e. The number of benzene rings is 3. The number of hydrogen-bond acceptors (Lipinski definition) is 5. The number of carbonyl (C=O) groups excluding carboxylic acids is 1. The van der Waals surface area contributed by atoms with Gasteiger partial charge in [0.25, 0.3) is 5.91 Å². The fourth-order valence-electron chi connectivity index (χ4n) is 3.56. The Hall–Kier alpha value is -3.43. The number of hydrogen-bond donors (Lipinski definition) is 1. The number of thioether (sulfide) groups is 1. The van der Waals surface area contributed by atoms with Gasteiger partial charge < -0.3 is 19.5 Å². The van der Waals surface area contributed by atoms with Crippen molar-refractivity contribution in [2.24, 2.45) is 0 Å². The van der Waals surface area contributed by atoms with E-state index in [2.05, 4.69) is 0 Å². The maximum absolute atomic E-state index is 13.8. The summed E-state index contributed by atoms with van der Waals surface area (Å²) in [5.41, 5.74) is 2.39. The summed E-state index contributed by atoms with van der Waals surface area (Å²) in [4.78, 5) is 26.0. The van der Waals surface area contributed by atoms with Crippen molar-refractivity contribution >= 4 is 23.6 Å². The molecule has 36 heavy (non-hydrogen) atoms. The molecule has 190 valence electrons. The summed E-state index contributed by atoms with van der Waals surface area (Å²) in [7, 11) is 1.50. The highest BCUT2D eigenvalue weighted by Gasteiger charge is 2.21. The first-order valence-electron chi connectivity index (χ1n) is 11.1. The number of amides is 1. The molecule has 6 nitrogen and oxygen atoms in total. The Balaban J connectivity index is 1.71. The summed E-state index contributed by atoms with van der Waals surface area (Å²) >= 11 is 1.33. The molecule has 0 saturated carbocycles. The van der Waals surface area contributed by atoms with Crippen molar-refractivity contribution in [3.8, 4) is 16.9 Å². The van der Waals surface area contributed by atoms with E-state index in [1.54, 1.807) is 61.7 Å². The molecule has 1 atom stereocenters. The standard InChI is InChI=1S/C27H27F2NO5S/c1-17(34-2)14-30(15-26(31)32)27(33)20-6-4-5-18(11-20)16-35-21-9-7-19(8-10-21)22-12-23(28)24(29)13-25(22)36-3/h4-13,17H,14-16H2,1-3H3,(H,31,32). The van der Waals surface area contributed by atoms with Crippen LogP contribution in [0.5, 0.6) is 5.75 Å². The molecule has 0 aliphatic rings. The van der Waals surface area contributed by atoms with Gasteiger partial charge in [0, 0.05) is 24.1 Å². The average molecular weight is 516 g/mol. The second-order valence-corrected chi connectivity index (χ2v) is 8.95. The fourth-order valence-corrected chi connectivity index (χ4v) is 4.18. The third kappa shape index (κ3) is 7.05. The van der Waals surface area contributed by atoms with Gasteiger partial charge in [-0.1, -0.05) is 24.3 Å². The fraction of sp³-hybridized carbons (Fsp3) is 0.259. The Kier molecular flexibility index (Phi) is 9.44. The smallest absolute Gasteiger partial charge is 0.323 e. The van der Waals surface area contributed by atoms with Crippen LogP contribution < -0.4 is 4.74 Å². The van der Waals surface area contributed by atoms with Crippen molar-refractivity contribution in [2.45, 2.75) is 24.5 Å². The molecule has 1 N–H and O–H groups in total. The van der Waals surface area contributed by atoms with Gasteiger partial charge >= 0.3 is 5.97 Å². The van der Waals surface area contributed by atoms with Crippen LogP contribution in [0, 0.1) is 11.6 Å². The van der Waals surface area contributed by atoms with Gasteiger partial charge in [-0.25, -0.2) is 8.78 Å². The molecule has 1 unspecified atom stereocenters. The number of carboxylic acid groups (broad SMARTS) is 1. The van der Waals surface area contributed by atoms with Crippen LogP contribution in [0.4, 0.5) is 8.78 Å². The first-order chi connectivity index (χ1) is 17.2. The van der Waals surface area contributed by atoms with E-state index >= 15 is 0 Å². The van der Waals surface area contributed by atoms with Crippen molar-refractivity contribution < 1.29 is 33.0 Å². The first-order valence-corrected chi connectivity index (χ1v) is 12.3. The van der Waals surface area contributed by atoms with Gasteiger partial charge in [-0.3, -0.25) is 9.59 Å². The second-order valence-electron chi connectivity index (χ2n) is 8.11. The minimum absolute atomic E-state index is 0.144. The van der Waals surface area contributed by atoms with Crippen molar-refractivity contribution in [1.82, 2.24) is 4.90 Å². The van der Waals surface area contributed by atoms with Crippen molar-refractivity contribution in [1.29, 1.82) is 0 Å². The molecule has 3 aromatic rings. The number of carboxylic acids is 1. The summed E-state index contributed by atoms with van der Waals surface area (Å²) < 4.78 is 38.4. The molecule has 0 spiro atoms. The molecule has 0 aliphatic carbocycles. The summed E-state index contributed by atoms with van der Waals surface area (Å²) in [6, 6.07) is 16.2. The Labute approximate surface area is 212 Å². The predicted molar refractivity (Wildman–Crippen MR) is 134 cm³/mol. The molecule has 0 radical (unpaired) electrons. The zero-order valence-electron chi connectivity index (χ0n) is 20.2. The third-order valence-corrected chi connectivity index (χ3v) is 6.26. The van der Waals surface area contributed by atoms with Crippen molar-refractivity contribution in [3.05, 3.63) is 83.4 Å². The van der Waals surface area contributed by atoms with Gasteiger partial charge in [0.1, 0.15) is 18.9 Å². The lowest BCUT2D eigenvalue weighted by molar-refractivity contribution is -0.138. The van der Waals surface area contributed by atoms with Gasteiger partial charge in [-0.15, -0.1) is 11.8 Å². The van der Waals surface area contributed by atoms with Gasteiger partial charge in [0.05, 0.1) is 6.10 Å². The maximum atomic E-state index is 13.8. The monoisotopic (exact) mass is 515 g/mol. The van der Waals surface area contributed by atoms with E-state index in [-0.39, 0.29) is 19.3 Å². The second kappa shape index (κ2) is 12.5. The number of methoxy groups -OCH3 is 1. The zero-order valence-corrected chi connectivity index (χ0v) is 21.0. The number of halogens is 2. The molecule has 0 aliphatic heterocycles. The van der Waals surface area contributed by atoms with Gasteiger partial charge in [0.15, 0.2) is 11.6 Å². The number of aliphatic carboxylic acids is 1. The predicted octanol–water partition coefficient (Wildman–Crippen LogP) is 5.49.